The van der Waals surface area contributed by atoms with Crippen LogP contribution >= 0.6 is 12.4 Å². The Morgan fingerprint density at radius 1 is 0.731 bits per heavy atom. The Morgan fingerprint density at radius 2 is 1.31 bits per heavy atom. The average molecular weight is 371 g/mol. The van der Waals surface area contributed by atoms with E-state index in [-0.39, 0.29) is 18.4 Å². The summed E-state index contributed by atoms with van der Waals surface area (Å²) in [5.41, 5.74) is 3.03. The van der Waals surface area contributed by atoms with Gasteiger partial charge in [-0.1, -0.05) is 30.3 Å². The van der Waals surface area contributed by atoms with Gasteiger partial charge in [0, 0.05) is 17.4 Å². The van der Waals surface area contributed by atoms with Crippen molar-refractivity contribution >= 4 is 41.6 Å². The van der Waals surface area contributed by atoms with E-state index < -0.39 is 0 Å². The van der Waals surface area contributed by atoms with Gasteiger partial charge in [0.15, 0.2) is 0 Å². The largest absolute Gasteiger partial charge is 0.352 e. The minimum Gasteiger partial charge on any atom is -0.352 e. The third kappa shape index (κ3) is 5.60. The summed E-state index contributed by atoms with van der Waals surface area (Å²) < 4.78 is 0. The zero-order valence-corrected chi connectivity index (χ0v) is 15.8. The van der Waals surface area contributed by atoms with Gasteiger partial charge >= 0.3 is 0 Å². The molecule has 2 aromatic carbocycles. The summed E-state index contributed by atoms with van der Waals surface area (Å²) in [4.78, 5) is 13.4. The number of anilines is 5. The number of hydrogen-bond donors (Lipinski definition) is 3. The van der Waals surface area contributed by atoms with Crippen LogP contribution in [0, 0.1) is 6.92 Å². The number of para-hydroxylation sites is 1. The van der Waals surface area contributed by atoms with E-state index in [1.165, 1.54) is 5.56 Å². The maximum absolute atomic E-state index is 4.48. The molecule has 0 bridgehead atoms. The quantitative estimate of drug-likeness (QED) is 0.572. The maximum atomic E-state index is 4.48. The second kappa shape index (κ2) is 9.01. The topological polar surface area (TPSA) is 74.8 Å². The number of rotatable bonds is 6. The van der Waals surface area contributed by atoms with Gasteiger partial charge in [0.05, 0.1) is 0 Å². The van der Waals surface area contributed by atoms with E-state index in [0.29, 0.717) is 17.8 Å². The van der Waals surface area contributed by atoms with E-state index in [0.717, 1.165) is 11.4 Å². The molecule has 0 aliphatic rings. The lowest BCUT2D eigenvalue weighted by Gasteiger charge is -2.13. The predicted octanol–water partition coefficient (Wildman–Crippen LogP) is 4.91. The van der Waals surface area contributed by atoms with E-state index in [9.17, 15) is 0 Å². The van der Waals surface area contributed by atoms with Crippen LogP contribution in [0.2, 0.25) is 0 Å². The normalized spacial score (nSPS) is 10.2. The van der Waals surface area contributed by atoms with Gasteiger partial charge in [-0.3, -0.25) is 0 Å². The Kier molecular flexibility index (Phi) is 6.74. The third-order valence-corrected chi connectivity index (χ3v) is 3.36. The molecule has 0 atom stereocenters. The molecule has 0 saturated heterocycles. The first kappa shape index (κ1) is 19.5. The van der Waals surface area contributed by atoms with Crippen LogP contribution in [0.1, 0.15) is 19.4 Å². The summed E-state index contributed by atoms with van der Waals surface area (Å²) in [6.07, 6.45) is 0. The number of benzene rings is 2. The fourth-order valence-corrected chi connectivity index (χ4v) is 2.31. The highest BCUT2D eigenvalue weighted by Gasteiger charge is 2.08. The molecule has 3 N–H and O–H groups in total. The summed E-state index contributed by atoms with van der Waals surface area (Å²) in [5, 5.41) is 9.68. The Morgan fingerprint density at radius 3 is 1.92 bits per heavy atom. The molecule has 0 aliphatic heterocycles. The van der Waals surface area contributed by atoms with E-state index in [4.69, 9.17) is 0 Å². The van der Waals surface area contributed by atoms with Gasteiger partial charge in [-0.2, -0.15) is 15.0 Å². The molecule has 3 aromatic rings. The number of hydrogen-bond acceptors (Lipinski definition) is 6. The first-order valence-electron chi connectivity index (χ1n) is 8.27. The predicted molar refractivity (Wildman–Crippen MR) is 110 cm³/mol. The zero-order valence-electron chi connectivity index (χ0n) is 15.0. The maximum Gasteiger partial charge on any atom is 0.233 e. The molecule has 1 heterocycles. The Labute approximate surface area is 159 Å². The van der Waals surface area contributed by atoms with Crippen molar-refractivity contribution in [1.29, 1.82) is 0 Å². The van der Waals surface area contributed by atoms with Crippen LogP contribution < -0.4 is 16.0 Å². The second-order valence-corrected chi connectivity index (χ2v) is 6.09. The summed E-state index contributed by atoms with van der Waals surface area (Å²) in [7, 11) is 0. The van der Waals surface area contributed by atoms with E-state index in [2.05, 4.69) is 30.9 Å². The van der Waals surface area contributed by atoms with Crippen molar-refractivity contribution < 1.29 is 0 Å². The molecule has 3 rings (SSSR count). The molecule has 6 nitrogen and oxygen atoms in total. The lowest BCUT2D eigenvalue weighted by atomic mass is 10.2. The average Bonchev–Trinajstić information content (AvgIpc) is 2.55. The molecule has 0 saturated carbocycles. The van der Waals surface area contributed by atoms with E-state index in [1.54, 1.807) is 0 Å². The second-order valence-electron chi connectivity index (χ2n) is 6.09. The van der Waals surface area contributed by atoms with Crippen LogP contribution in [0.3, 0.4) is 0 Å². The summed E-state index contributed by atoms with van der Waals surface area (Å²) in [5.74, 6) is 1.50. The zero-order chi connectivity index (χ0) is 17.6. The van der Waals surface area contributed by atoms with Crippen LogP contribution in [0.25, 0.3) is 0 Å². The van der Waals surface area contributed by atoms with Gasteiger partial charge in [0.25, 0.3) is 0 Å². The summed E-state index contributed by atoms with van der Waals surface area (Å²) in [6.45, 7) is 6.14. The minimum absolute atomic E-state index is 0. The van der Waals surface area contributed by atoms with Crippen LogP contribution in [0.5, 0.6) is 0 Å². The third-order valence-electron chi connectivity index (χ3n) is 3.36. The molecule has 0 radical (unpaired) electrons. The van der Waals surface area contributed by atoms with Gasteiger partial charge < -0.3 is 16.0 Å². The molecule has 7 heteroatoms. The summed E-state index contributed by atoms with van der Waals surface area (Å²) >= 11 is 0. The molecule has 1 aromatic heterocycles. The monoisotopic (exact) mass is 370 g/mol. The van der Waals surface area contributed by atoms with E-state index >= 15 is 0 Å². The highest BCUT2D eigenvalue weighted by molar-refractivity contribution is 5.85. The van der Waals surface area contributed by atoms with Crippen molar-refractivity contribution in [2.75, 3.05) is 16.0 Å². The molecular formula is C19H23ClN6. The van der Waals surface area contributed by atoms with Gasteiger partial charge in [0.2, 0.25) is 17.8 Å². The van der Waals surface area contributed by atoms with Gasteiger partial charge in [0.1, 0.15) is 0 Å². The molecule has 0 fully saturated rings. The molecule has 136 valence electrons. The highest BCUT2D eigenvalue weighted by atomic mass is 35.5. The van der Waals surface area contributed by atoms with Crippen molar-refractivity contribution in [1.82, 2.24) is 15.0 Å². The number of nitrogens with zero attached hydrogens (tertiary/aromatic N) is 3. The fourth-order valence-electron chi connectivity index (χ4n) is 2.31. The lowest BCUT2D eigenvalue weighted by molar-refractivity contribution is 0.869. The highest BCUT2D eigenvalue weighted by Crippen LogP contribution is 2.19. The van der Waals surface area contributed by atoms with Crippen molar-refractivity contribution in [2.24, 2.45) is 0 Å². The molecule has 26 heavy (non-hydrogen) atoms. The Hall–Kier alpha value is -2.86. The number of aryl methyl sites for hydroxylation is 1. The van der Waals surface area contributed by atoms with Crippen LogP contribution in [0.4, 0.5) is 29.2 Å². The number of halogens is 1. The first-order chi connectivity index (χ1) is 12.1. The molecule has 0 amide bonds. The Bertz CT molecular complexity index is 838. The smallest absolute Gasteiger partial charge is 0.233 e. The summed E-state index contributed by atoms with van der Waals surface area (Å²) in [6, 6.07) is 18.1. The van der Waals surface area contributed by atoms with Gasteiger partial charge in [-0.15, -0.1) is 12.4 Å². The first-order valence-corrected chi connectivity index (χ1v) is 8.27. The Balaban J connectivity index is 0.00000243. The van der Waals surface area contributed by atoms with Crippen molar-refractivity contribution in [3.05, 3.63) is 60.2 Å². The molecule has 0 unspecified atom stereocenters. The fraction of sp³-hybridized carbons (Fsp3) is 0.211. The van der Waals surface area contributed by atoms with Crippen LogP contribution in [0.15, 0.2) is 54.6 Å². The number of aromatic nitrogens is 3. The van der Waals surface area contributed by atoms with Crippen LogP contribution in [-0.4, -0.2) is 21.0 Å². The molecule has 0 aliphatic carbocycles. The number of nitrogens with one attached hydrogen (secondary N) is 3. The molecular weight excluding hydrogens is 348 g/mol. The van der Waals surface area contributed by atoms with Gasteiger partial charge in [-0.25, -0.2) is 0 Å². The van der Waals surface area contributed by atoms with Crippen molar-refractivity contribution in [3.63, 3.8) is 0 Å². The standard InChI is InChI=1S/C19H22N6.ClH/c1-13(2)20-17-23-18(21-15-9-5-4-6-10-15)25-19(24-17)22-16-11-7-8-14(3)12-16;/h4-13H,1-3H3,(H3,20,21,22,23,24,25);1H. The molecule has 0 spiro atoms. The van der Waals surface area contributed by atoms with E-state index in [1.807, 2.05) is 75.4 Å². The SMILES string of the molecule is Cc1cccc(Nc2nc(Nc3ccccc3)nc(NC(C)C)n2)c1.Cl. The van der Waals surface area contributed by atoms with Crippen molar-refractivity contribution in [2.45, 2.75) is 26.8 Å². The minimum atomic E-state index is 0. The lowest BCUT2D eigenvalue weighted by Crippen LogP contribution is -2.15. The van der Waals surface area contributed by atoms with Crippen molar-refractivity contribution in [3.8, 4) is 0 Å². The van der Waals surface area contributed by atoms with Crippen LogP contribution in [-0.2, 0) is 0 Å². The van der Waals surface area contributed by atoms with Gasteiger partial charge in [-0.05, 0) is 50.6 Å².